The molecule has 3 nitrogen and oxygen atoms in total. The van der Waals surface area contributed by atoms with Gasteiger partial charge in [0, 0.05) is 0 Å². The highest BCUT2D eigenvalue weighted by Gasteiger charge is 2.53. The number of halogens is 3. The van der Waals surface area contributed by atoms with E-state index in [1.165, 1.54) is 6.07 Å². The molecule has 0 bridgehead atoms. The predicted molar refractivity (Wildman–Crippen MR) is 74.5 cm³/mol. The Labute approximate surface area is 122 Å². The monoisotopic (exact) mass is 301 g/mol. The molecule has 0 aliphatic carbocycles. The van der Waals surface area contributed by atoms with E-state index in [2.05, 4.69) is 0 Å². The first kappa shape index (κ1) is 16.3. The van der Waals surface area contributed by atoms with Crippen LogP contribution in [0, 0.1) is 0 Å². The molecule has 1 aliphatic heterocycles. The van der Waals surface area contributed by atoms with E-state index >= 15 is 0 Å². The lowest BCUT2D eigenvalue weighted by Crippen LogP contribution is -2.41. The molecule has 7 heteroatoms. The van der Waals surface area contributed by atoms with E-state index in [1.54, 1.807) is 6.07 Å². The van der Waals surface area contributed by atoms with E-state index < -0.39 is 36.0 Å². The molecule has 2 N–H and O–H groups in total. The molecule has 1 heterocycles. The fraction of sp³-hybridized carbons (Fsp3) is 0.571. The van der Waals surface area contributed by atoms with Gasteiger partial charge in [-0.15, -0.1) is 0 Å². The molecule has 0 aromatic heterocycles. The third-order valence-corrected chi connectivity index (χ3v) is 4.16. The molecule has 0 spiro atoms. The molecular formula is C14H19BF3NO2. The van der Waals surface area contributed by atoms with Crippen molar-refractivity contribution >= 4 is 7.12 Å². The van der Waals surface area contributed by atoms with Gasteiger partial charge in [-0.1, -0.05) is 18.2 Å². The summed E-state index contributed by atoms with van der Waals surface area (Å²) in [5, 5.41) is 0. The van der Waals surface area contributed by atoms with Crippen LogP contribution in [0.5, 0.6) is 0 Å². The Kier molecular flexibility index (Phi) is 3.89. The summed E-state index contributed by atoms with van der Waals surface area (Å²) in [5.74, 6) is -0.784. The van der Waals surface area contributed by atoms with Crippen molar-refractivity contribution < 1.29 is 22.5 Å². The average Bonchev–Trinajstić information content (AvgIpc) is 2.57. The number of alkyl halides is 3. The lowest BCUT2D eigenvalue weighted by Gasteiger charge is -2.32. The molecule has 1 aromatic carbocycles. The summed E-state index contributed by atoms with van der Waals surface area (Å²) in [5.41, 5.74) is 4.50. The van der Waals surface area contributed by atoms with Crippen LogP contribution >= 0.6 is 0 Å². The van der Waals surface area contributed by atoms with Crippen LogP contribution in [0.3, 0.4) is 0 Å². The highest BCUT2D eigenvalue weighted by atomic mass is 19.4. The standard InChI is InChI=1S/C14H19BF3NO2/c1-12(2)13(3,4)21-15(20-12)11(19)9-6-5-7-10(8-9)14(16,17)18/h5-8,11H,19H2,1-4H3/t11-/m1/s1. The van der Waals surface area contributed by atoms with Gasteiger partial charge in [0.1, 0.15) is 0 Å². The van der Waals surface area contributed by atoms with Gasteiger partial charge >= 0.3 is 13.3 Å². The minimum absolute atomic E-state index is 0.336. The van der Waals surface area contributed by atoms with Gasteiger partial charge in [0.05, 0.1) is 22.7 Å². The van der Waals surface area contributed by atoms with Gasteiger partial charge in [0.25, 0.3) is 0 Å². The van der Waals surface area contributed by atoms with Gasteiger partial charge in [-0.25, -0.2) is 0 Å². The molecule has 1 aliphatic rings. The SMILES string of the molecule is CC1(C)OB([C@H](N)c2cccc(C(F)(F)F)c2)OC1(C)C. The van der Waals surface area contributed by atoms with Crippen LogP contribution in [0.25, 0.3) is 0 Å². The van der Waals surface area contributed by atoms with Crippen molar-refractivity contribution in [1.29, 1.82) is 0 Å². The Morgan fingerprint density at radius 3 is 2.10 bits per heavy atom. The Morgan fingerprint density at radius 2 is 1.62 bits per heavy atom. The van der Waals surface area contributed by atoms with Gasteiger partial charge < -0.3 is 15.0 Å². The average molecular weight is 301 g/mol. The number of rotatable bonds is 2. The van der Waals surface area contributed by atoms with Crippen molar-refractivity contribution in [3.05, 3.63) is 35.4 Å². The van der Waals surface area contributed by atoms with Crippen LogP contribution in [0.2, 0.25) is 0 Å². The first-order chi connectivity index (χ1) is 9.44. The third kappa shape index (κ3) is 3.10. The van der Waals surface area contributed by atoms with E-state index in [0.717, 1.165) is 12.1 Å². The van der Waals surface area contributed by atoms with Crippen LogP contribution in [0.1, 0.15) is 44.8 Å². The smallest absolute Gasteiger partial charge is 0.402 e. The quantitative estimate of drug-likeness (QED) is 0.852. The number of nitrogens with two attached hydrogens (primary N) is 1. The zero-order valence-corrected chi connectivity index (χ0v) is 12.5. The minimum atomic E-state index is -4.40. The fourth-order valence-corrected chi connectivity index (χ4v) is 2.11. The fourth-order valence-electron chi connectivity index (χ4n) is 2.11. The number of benzene rings is 1. The van der Waals surface area contributed by atoms with Gasteiger partial charge in [0.15, 0.2) is 0 Å². The summed E-state index contributed by atoms with van der Waals surface area (Å²) in [7, 11) is -0.779. The first-order valence-electron chi connectivity index (χ1n) is 6.72. The maximum absolute atomic E-state index is 12.8. The van der Waals surface area contributed by atoms with Crippen LogP contribution in [-0.2, 0) is 15.5 Å². The maximum atomic E-state index is 12.8. The minimum Gasteiger partial charge on any atom is -0.402 e. The molecule has 0 saturated carbocycles. The van der Waals surface area contributed by atoms with E-state index in [-0.39, 0.29) is 0 Å². The van der Waals surface area contributed by atoms with E-state index in [9.17, 15) is 13.2 Å². The second kappa shape index (κ2) is 5.00. The van der Waals surface area contributed by atoms with Crippen molar-refractivity contribution in [3.8, 4) is 0 Å². The molecular weight excluding hydrogens is 282 g/mol. The Bertz CT molecular complexity index is 515. The molecule has 1 atom stereocenters. The van der Waals surface area contributed by atoms with Gasteiger partial charge in [-0.3, -0.25) is 0 Å². The molecule has 2 rings (SSSR count). The zero-order chi connectivity index (χ0) is 16.1. The summed E-state index contributed by atoms with van der Waals surface area (Å²) in [4.78, 5) is 0. The molecule has 1 saturated heterocycles. The predicted octanol–water partition coefficient (Wildman–Crippen LogP) is 3.34. The molecule has 21 heavy (non-hydrogen) atoms. The van der Waals surface area contributed by atoms with Gasteiger partial charge in [0.2, 0.25) is 0 Å². The Morgan fingerprint density at radius 1 is 1.10 bits per heavy atom. The van der Waals surface area contributed by atoms with Crippen LogP contribution in [0.4, 0.5) is 13.2 Å². The molecule has 0 radical (unpaired) electrons. The summed E-state index contributed by atoms with van der Waals surface area (Å²) in [6.07, 6.45) is -4.40. The highest BCUT2D eigenvalue weighted by Crippen LogP contribution is 2.40. The summed E-state index contributed by atoms with van der Waals surface area (Å²) >= 11 is 0. The van der Waals surface area contributed by atoms with Crippen LogP contribution in [-0.4, -0.2) is 18.3 Å². The second-order valence-electron chi connectivity index (χ2n) is 6.27. The topological polar surface area (TPSA) is 44.5 Å². The van der Waals surface area contributed by atoms with Crippen molar-refractivity contribution in [2.45, 2.75) is 51.0 Å². The van der Waals surface area contributed by atoms with Crippen molar-refractivity contribution in [2.24, 2.45) is 5.73 Å². The Hall–Kier alpha value is -1.05. The zero-order valence-electron chi connectivity index (χ0n) is 12.5. The number of hydrogen-bond acceptors (Lipinski definition) is 3. The molecule has 1 aromatic rings. The molecule has 0 unspecified atom stereocenters. The molecule has 0 amide bonds. The van der Waals surface area contributed by atoms with E-state index in [1.807, 2.05) is 27.7 Å². The van der Waals surface area contributed by atoms with Gasteiger partial charge in [-0.2, -0.15) is 13.2 Å². The summed E-state index contributed by atoms with van der Waals surface area (Å²) in [6, 6.07) is 4.93. The van der Waals surface area contributed by atoms with Gasteiger partial charge in [-0.05, 0) is 39.3 Å². The second-order valence-corrected chi connectivity index (χ2v) is 6.27. The van der Waals surface area contributed by atoms with E-state index in [4.69, 9.17) is 15.0 Å². The largest absolute Gasteiger partial charge is 0.480 e. The third-order valence-electron chi connectivity index (χ3n) is 4.16. The van der Waals surface area contributed by atoms with Crippen LogP contribution < -0.4 is 5.73 Å². The van der Waals surface area contributed by atoms with Crippen LogP contribution in [0.15, 0.2) is 24.3 Å². The molecule has 116 valence electrons. The summed E-state index contributed by atoms with van der Waals surface area (Å²) < 4.78 is 49.8. The first-order valence-corrected chi connectivity index (χ1v) is 6.72. The maximum Gasteiger partial charge on any atom is 0.480 e. The normalized spacial score (nSPS) is 22.4. The Balaban J connectivity index is 2.24. The lowest BCUT2D eigenvalue weighted by atomic mass is 9.74. The molecule has 1 fully saturated rings. The van der Waals surface area contributed by atoms with Crippen molar-refractivity contribution in [2.75, 3.05) is 0 Å². The van der Waals surface area contributed by atoms with Crippen molar-refractivity contribution in [1.82, 2.24) is 0 Å². The lowest BCUT2D eigenvalue weighted by molar-refractivity contribution is -0.137. The highest BCUT2D eigenvalue weighted by molar-refractivity contribution is 6.47. The number of hydrogen-bond donors (Lipinski definition) is 1. The van der Waals surface area contributed by atoms with Crippen molar-refractivity contribution in [3.63, 3.8) is 0 Å². The van der Waals surface area contributed by atoms with E-state index in [0.29, 0.717) is 5.56 Å². The summed E-state index contributed by atoms with van der Waals surface area (Å²) in [6.45, 7) is 7.47.